The molecule has 124 valence electrons. The van der Waals surface area contributed by atoms with Gasteiger partial charge in [0.25, 0.3) is 0 Å². The summed E-state index contributed by atoms with van der Waals surface area (Å²) < 4.78 is 4.80. The normalized spacial score (nSPS) is 11.5. The summed E-state index contributed by atoms with van der Waals surface area (Å²) in [4.78, 5) is 27.9. The van der Waals surface area contributed by atoms with Crippen molar-refractivity contribution < 1.29 is 14.3 Å². The van der Waals surface area contributed by atoms with E-state index in [1.54, 1.807) is 6.92 Å². The Morgan fingerprint density at radius 2 is 2.08 bits per heavy atom. The summed E-state index contributed by atoms with van der Waals surface area (Å²) >= 11 is 2.45. The SMILES string of the molecule is CCOC(=O)CSCC(=O)C(C#N)c1nc(-c2ccccc2)cs1. The summed E-state index contributed by atoms with van der Waals surface area (Å²) in [5.41, 5.74) is 1.70. The highest BCUT2D eigenvalue weighted by atomic mass is 32.2. The topological polar surface area (TPSA) is 80.0 Å². The molecule has 1 heterocycles. The zero-order valence-electron chi connectivity index (χ0n) is 13.1. The van der Waals surface area contributed by atoms with Gasteiger partial charge in [0.1, 0.15) is 5.01 Å². The monoisotopic (exact) mass is 360 g/mol. The lowest BCUT2D eigenvalue weighted by Gasteiger charge is -2.05. The smallest absolute Gasteiger partial charge is 0.315 e. The predicted octanol–water partition coefficient (Wildman–Crippen LogP) is 3.28. The summed E-state index contributed by atoms with van der Waals surface area (Å²) in [6.07, 6.45) is 0. The van der Waals surface area contributed by atoms with Gasteiger partial charge in [-0.15, -0.1) is 23.1 Å². The number of benzene rings is 1. The van der Waals surface area contributed by atoms with Gasteiger partial charge in [0.2, 0.25) is 0 Å². The second-order valence-corrected chi connectivity index (χ2v) is 6.64. The lowest BCUT2D eigenvalue weighted by molar-refractivity contribution is -0.139. The van der Waals surface area contributed by atoms with Gasteiger partial charge in [-0.25, -0.2) is 4.98 Å². The highest BCUT2D eigenvalue weighted by Gasteiger charge is 2.24. The number of ketones is 1. The van der Waals surface area contributed by atoms with Crippen LogP contribution in [0.5, 0.6) is 0 Å². The second kappa shape index (κ2) is 9.21. The molecular formula is C17H16N2O3S2. The van der Waals surface area contributed by atoms with Crippen molar-refractivity contribution >= 4 is 34.9 Å². The minimum absolute atomic E-state index is 0.0806. The molecule has 0 fully saturated rings. The Balaban J connectivity index is 1.99. The number of hydrogen-bond donors (Lipinski definition) is 0. The summed E-state index contributed by atoms with van der Waals surface area (Å²) in [7, 11) is 0. The molecule has 0 aliphatic rings. The van der Waals surface area contributed by atoms with Crippen LogP contribution in [-0.2, 0) is 14.3 Å². The molecule has 0 N–H and O–H groups in total. The molecule has 5 nitrogen and oxygen atoms in total. The Labute approximate surface area is 148 Å². The zero-order valence-corrected chi connectivity index (χ0v) is 14.7. The first-order valence-corrected chi connectivity index (χ1v) is 9.35. The standard InChI is InChI=1S/C17H16N2O3S2/c1-2-22-16(21)11-23-10-15(20)13(8-18)17-19-14(9-24-17)12-6-4-3-5-7-12/h3-7,9,13H,2,10-11H2,1H3. The average molecular weight is 360 g/mol. The van der Waals surface area contributed by atoms with Gasteiger partial charge in [-0.05, 0) is 6.92 Å². The molecule has 0 saturated carbocycles. The van der Waals surface area contributed by atoms with Crippen LogP contribution >= 0.6 is 23.1 Å². The van der Waals surface area contributed by atoms with Gasteiger partial charge in [-0.2, -0.15) is 5.26 Å². The molecule has 1 aromatic carbocycles. The third kappa shape index (κ3) is 4.91. The fourth-order valence-corrected chi connectivity index (χ4v) is 3.56. The lowest BCUT2D eigenvalue weighted by atomic mass is 10.1. The van der Waals surface area contributed by atoms with E-state index in [4.69, 9.17) is 4.74 Å². The van der Waals surface area contributed by atoms with Gasteiger partial charge in [-0.1, -0.05) is 30.3 Å². The molecule has 1 aromatic heterocycles. The van der Waals surface area contributed by atoms with Crippen molar-refractivity contribution in [2.24, 2.45) is 0 Å². The Hall–Kier alpha value is -2.17. The largest absolute Gasteiger partial charge is 0.465 e. The zero-order chi connectivity index (χ0) is 17.4. The molecule has 24 heavy (non-hydrogen) atoms. The lowest BCUT2D eigenvalue weighted by Crippen LogP contribution is -2.15. The van der Waals surface area contributed by atoms with Crippen molar-refractivity contribution in [2.45, 2.75) is 12.8 Å². The van der Waals surface area contributed by atoms with Gasteiger partial charge in [0, 0.05) is 10.9 Å². The molecule has 0 spiro atoms. The van der Waals surface area contributed by atoms with Crippen molar-refractivity contribution in [3.63, 3.8) is 0 Å². The first kappa shape index (κ1) is 18.2. The molecular weight excluding hydrogens is 344 g/mol. The molecule has 1 atom stereocenters. The Morgan fingerprint density at radius 3 is 2.75 bits per heavy atom. The van der Waals surface area contributed by atoms with Crippen molar-refractivity contribution in [3.05, 3.63) is 40.7 Å². The van der Waals surface area contributed by atoms with Gasteiger partial charge >= 0.3 is 5.97 Å². The summed E-state index contributed by atoms with van der Waals surface area (Å²) in [5, 5.41) is 11.6. The van der Waals surface area contributed by atoms with Gasteiger partial charge < -0.3 is 4.74 Å². The molecule has 0 amide bonds. The third-order valence-electron chi connectivity index (χ3n) is 3.06. The Bertz CT molecular complexity index is 738. The van der Waals surface area contributed by atoms with Crippen LogP contribution in [0.25, 0.3) is 11.3 Å². The minimum Gasteiger partial charge on any atom is -0.465 e. The summed E-state index contributed by atoms with van der Waals surface area (Å²) in [6, 6.07) is 11.6. The van der Waals surface area contributed by atoms with Crippen molar-refractivity contribution in [2.75, 3.05) is 18.1 Å². The summed E-state index contributed by atoms with van der Waals surface area (Å²) in [5.74, 6) is -1.32. The molecule has 1 unspecified atom stereocenters. The first-order chi connectivity index (χ1) is 11.7. The third-order valence-corrected chi connectivity index (χ3v) is 4.90. The fourth-order valence-electron chi connectivity index (χ4n) is 1.95. The average Bonchev–Trinajstić information content (AvgIpc) is 3.06. The highest BCUT2D eigenvalue weighted by molar-refractivity contribution is 8.00. The van der Waals surface area contributed by atoms with Crippen LogP contribution in [0, 0.1) is 11.3 Å². The molecule has 0 aliphatic heterocycles. The van der Waals surface area contributed by atoms with E-state index in [2.05, 4.69) is 4.98 Å². The quantitative estimate of drug-likeness (QED) is 0.672. The van der Waals surface area contributed by atoms with Crippen LogP contribution in [0.2, 0.25) is 0 Å². The number of nitrogens with zero attached hydrogens (tertiary/aromatic N) is 2. The van der Waals surface area contributed by atoms with Crippen molar-refractivity contribution in [1.82, 2.24) is 4.98 Å². The molecule has 0 saturated heterocycles. The number of hydrogen-bond acceptors (Lipinski definition) is 7. The fraction of sp³-hybridized carbons (Fsp3) is 0.294. The van der Waals surface area contributed by atoms with Gasteiger partial charge in [-0.3, -0.25) is 9.59 Å². The van der Waals surface area contributed by atoms with E-state index in [1.807, 2.05) is 41.8 Å². The van der Waals surface area contributed by atoms with Crippen molar-refractivity contribution in [1.29, 1.82) is 5.26 Å². The van der Waals surface area contributed by atoms with E-state index in [-0.39, 0.29) is 23.3 Å². The maximum absolute atomic E-state index is 12.2. The van der Waals surface area contributed by atoms with E-state index in [9.17, 15) is 14.9 Å². The van der Waals surface area contributed by atoms with E-state index in [0.717, 1.165) is 23.0 Å². The number of aromatic nitrogens is 1. The molecule has 0 bridgehead atoms. The van der Waals surface area contributed by atoms with Gasteiger partial charge in [0.05, 0.1) is 29.9 Å². The van der Waals surface area contributed by atoms with E-state index in [1.165, 1.54) is 11.3 Å². The van der Waals surface area contributed by atoms with Crippen LogP contribution in [0.3, 0.4) is 0 Å². The number of carbonyl (C=O) groups excluding carboxylic acids is 2. The number of Topliss-reactive ketones (excluding diaryl/α,β-unsaturated/α-hetero) is 1. The van der Waals surface area contributed by atoms with Crippen LogP contribution in [0.4, 0.5) is 0 Å². The number of thiazole rings is 1. The number of carbonyl (C=O) groups is 2. The molecule has 7 heteroatoms. The van der Waals surface area contributed by atoms with E-state index in [0.29, 0.717) is 11.6 Å². The number of nitriles is 1. The number of thioether (sulfide) groups is 1. The Morgan fingerprint density at radius 1 is 1.33 bits per heavy atom. The predicted molar refractivity (Wildman–Crippen MR) is 94.9 cm³/mol. The van der Waals surface area contributed by atoms with Crippen molar-refractivity contribution in [3.8, 4) is 17.3 Å². The van der Waals surface area contributed by atoms with Crippen LogP contribution in [0.1, 0.15) is 17.8 Å². The van der Waals surface area contributed by atoms with Crippen LogP contribution in [0.15, 0.2) is 35.7 Å². The maximum atomic E-state index is 12.2. The van der Waals surface area contributed by atoms with E-state index >= 15 is 0 Å². The Kier molecular flexibility index (Phi) is 6.97. The molecule has 2 aromatic rings. The number of ether oxygens (including phenoxy) is 1. The summed E-state index contributed by atoms with van der Waals surface area (Å²) in [6.45, 7) is 2.04. The molecule has 2 rings (SSSR count). The maximum Gasteiger partial charge on any atom is 0.315 e. The first-order valence-electron chi connectivity index (χ1n) is 7.32. The van der Waals surface area contributed by atoms with Gasteiger partial charge in [0.15, 0.2) is 11.7 Å². The minimum atomic E-state index is -0.901. The van der Waals surface area contributed by atoms with Crippen LogP contribution in [-0.4, -0.2) is 34.8 Å². The second-order valence-electron chi connectivity index (χ2n) is 4.76. The van der Waals surface area contributed by atoms with Crippen LogP contribution < -0.4 is 0 Å². The number of esters is 1. The van der Waals surface area contributed by atoms with E-state index < -0.39 is 5.92 Å². The highest BCUT2D eigenvalue weighted by Crippen LogP contribution is 2.27. The molecule has 0 aliphatic carbocycles. The molecule has 0 radical (unpaired) electrons. The number of rotatable bonds is 8.